The van der Waals surface area contributed by atoms with Gasteiger partial charge in [0, 0.05) is 56.0 Å². The monoisotopic (exact) mass is 485 g/mol. The maximum Gasteiger partial charge on any atom is 0.231 e. The summed E-state index contributed by atoms with van der Waals surface area (Å²) in [6.45, 7) is 6.81. The lowest BCUT2D eigenvalue weighted by Crippen LogP contribution is -2.51. The van der Waals surface area contributed by atoms with Crippen LogP contribution in [0.2, 0.25) is 5.02 Å². The Kier molecular flexibility index (Phi) is 7.01. The summed E-state index contributed by atoms with van der Waals surface area (Å²) in [7, 11) is 0. The molecule has 1 amide bonds. The van der Waals surface area contributed by atoms with Crippen molar-refractivity contribution in [1.82, 2.24) is 20.2 Å². The van der Waals surface area contributed by atoms with Gasteiger partial charge in [0.25, 0.3) is 0 Å². The van der Waals surface area contributed by atoms with Crippen molar-refractivity contribution >= 4 is 23.3 Å². The maximum absolute atomic E-state index is 13.7. The normalized spacial score (nSPS) is 25.4. The summed E-state index contributed by atoms with van der Waals surface area (Å²) in [5.41, 5.74) is 2.78. The van der Waals surface area contributed by atoms with E-state index < -0.39 is 6.10 Å². The largest absolute Gasteiger partial charge is 0.387 e. The van der Waals surface area contributed by atoms with Crippen molar-refractivity contribution in [2.24, 2.45) is 0 Å². The minimum atomic E-state index is -0.521. The van der Waals surface area contributed by atoms with Crippen molar-refractivity contribution in [2.75, 3.05) is 50.8 Å². The standard InChI is InChI=1S/C25H32ClN5O3/c1-16-12-21(32)23-22(16)24(29-15-28-23)30-7-9-31(10-8-30)25(33)20(13-27-19-6-11-34-14-19)17-2-4-18(26)5-3-17/h2-5,15-16,19-21,27,32H,6-14H2,1H3/t16-,19+,20-,21-/m1/s1. The number of ether oxygens (including phenoxy) is 1. The number of aromatic nitrogens is 2. The van der Waals surface area contributed by atoms with Crippen LogP contribution in [-0.4, -0.2) is 77.9 Å². The van der Waals surface area contributed by atoms with Gasteiger partial charge in [0.1, 0.15) is 12.1 Å². The first-order chi connectivity index (χ1) is 16.5. The third-order valence-corrected chi connectivity index (χ3v) is 7.53. The molecule has 4 atom stereocenters. The van der Waals surface area contributed by atoms with Gasteiger partial charge in [-0.2, -0.15) is 0 Å². The summed E-state index contributed by atoms with van der Waals surface area (Å²) < 4.78 is 5.48. The van der Waals surface area contributed by atoms with Crippen LogP contribution in [0.3, 0.4) is 0 Å². The molecule has 2 saturated heterocycles. The Balaban J connectivity index is 1.28. The van der Waals surface area contributed by atoms with E-state index in [1.165, 1.54) is 0 Å². The fourth-order valence-corrected chi connectivity index (χ4v) is 5.46. The van der Waals surface area contributed by atoms with Gasteiger partial charge in [0.15, 0.2) is 0 Å². The maximum atomic E-state index is 13.7. The average Bonchev–Trinajstić information content (AvgIpc) is 3.48. The van der Waals surface area contributed by atoms with Crippen molar-refractivity contribution in [1.29, 1.82) is 0 Å². The highest BCUT2D eigenvalue weighted by Crippen LogP contribution is 2.42. The van der Waals surface area contributed by atoms with E-state index in [0.717, 1.165) is 35.7 Å². The average molecular weight is 486 g/mol. The molecule has 2 aliphatic heterocycles. The molecule has 1 aromatic carbocycles. The van der Waals surface area contributed by atoms with E-state index in [1.807, 2.05) is 29.2 Å². The lowest BCUT2D eigenvalue weighted by molar-refractivity contribution is -0.133. The Bertz CT molecular complexity index is 1010. The lowest BCUT2D eigenvalue weighted by atomic mass is 9.96. The van der Waals surface area contributed by atoms with Crippen LogP contribution >= 0.6 is 11.6 Å². The molecule has 2 N–H and O–H groups in total. The second kappa shape index (κ2) is 10.2. The first kappa shape index (κ1) is 23.5. The SMILES string of the molecule is C[C@@H]1C[C@@H](O)c2ncnc(N3CCN(C(=O)[C@H](CN[C@H]4CCOC4)c4ccc(Cl)cc4)CC3)c21. The number of hydrogen-bond acceptors (Lipinski definition) is 7. The quantitative estimate of drug-likeness (QED) is 0.649. The Morgan fingerprint density at radius 3 is 2.71 bits per heavy atom. The number of benzene rings is 1. The van der Waals surface area contributed by atoms with Crippen molar-refractivity contribution in [2.45, 2.75) is 43.7 Å². The molecule has 2 aromatic rings. The number of nitrogens with zero attached hydrogens (tertiary/aromatic N) is 4. The predicted molar refractivity (Wildman–Crippen MR) is 130 cm³/mol. The first-order valence-electron chi connectivity index (χ1n) is 12.1. The molecule has 5 rings (SSSR count). The van der Waals surface area contributed by atoms with Crippen molar-refractivity contribution in [3.05, 3.63) is 52.4 Å². The highest BCUT2D eigenvalue weighted by Gasteiger charge is 2.35. The number of aliphatic hydroxyl groups excluding tert-OH is 1. The van der Waals surface area contributed by atoms with E-state index in [2.05, 4.69) is 27.1 Å². The highest BCUT2D eigenvalue weighted by molar-refractivity contribution is 6.30. The third kappa shape index (κ3) is 4.77. The number of aliphatic hydroxyl groups is 1. The number of amides is 1. The van der Waals surface area contributed by atoms with Gasteiger partial charge in [0.2, 0.25) is 5.91 Å². The lowest BCUT2D eigenvalue weighted by Gasteiger charge is -2.38. The van der Waals surface area contributed by atoms with Gasteiger partial charge in [-0.3, -0.25) is 4.79 Å². The molecule has 3 heterocycles. The molecule has 8 nitrogen and oxygen atoms in total. The number of rotatable bonds is 6. The fourth-order valence-electron chi connectivity index (χ4n) is 5.34. The smallest absolute Gasteiger partial charge is 0.231 e. The number of piperazine rings is 1. The molecule has 0 unspecified atom stereocenters. The van der Waals surface area contributed by atoms with Gasteiger partial charge in [-0.1, -0.05) is 30.7 Å². The molecule has 0 radical (unpaired) electrons. The van der Waals surface area contributed by atoms with E-state index in [0.29, 0.717) is 50.8 Å². The van der Waals surface area contributed by atoms with Crippen LogP contribution in [0, 0.1) is 0 Å². The summed E-state index contributed by atoms with van der Waals surface area (Å²) in [5, 5.41) is 14.5. The zero-order valence-corrected chi connectivity index (χ0v) is 20.2. The molecule has 1 aliphatic carbocycles. The van der Waals surface area contributed by atoms with Crippen LogP contribution in [-0.2, 0) is 9.53 Å². The van der Waals surface area contributed by atoms with Crippen LogP contribution < -0.4 is 10.2 Å². The van der Waals surface area contributed by atoms with Gasteiger partial charge in [-0.15, -0.1) is 0 Å². The molecule has 2 fully saturated rings. The van der Waals surface area contributed by atoms with E-state index >= 15 is 0 Å². The van der Waals surface area contributed by atoms with Gasteiger partial charge in [-0.05, 0) is 36.5 Å². The molecule has 182 valence electrons. The zero-order valence-electron chi connectivity index (χ0n) is 19.5. The minimum Gasteiger partial charge on any atom is -0.387 e. The predicted octanol–water partition coefficient (Wildman–Crippen LogP) is 2.48. The van der Waals surface area contributed by atoms with E-state index in [4.69, 9.17) is 16.3 Å². The highest BCUT2D eigenvalue weighted by atomic mass is 35.5. The minimum absolute atomic E-state index is 0.130. The van der Waals surface area contributed by atoms with E-state index in [9.17, 15) is 9.90 Å². The van der Waals surface area contributed by atoms with Gasteiger partial charge in [0.05, 0.1) is 24.3 Å². The number of halogens is 1. The summed E-state index contributed by atoms with van der Waals surface area (Å²) in [5.74, 6) is 0.979. The summed E-state index contributed by atoms with van der Waals surface area (Å²) in [6.07, 6.45) is 2.67. The van der Waals surface area contributed by atoms with E-state index in [-0.39, 0.29) is 23.8 Å². The molecule has 34 heavy (non-hydrogen) atoms. The van der Waals surface area contributed by atoms with Crippen LogP contribution in [0.1, 0.15) is 54.5 Å². The topological polar surface area (TPSA) is 90.8 Å². The Morgan fingerprint density at radius 2 is 2.00 bits per heavy atom. The molecule has 0 saturated carbocycles. The molecule has 0 bridgehead atoms. The second-order valence-electron chi connectivity index (χ2n) is 9.53. The number of anilines is 1. The Hall–Kier alpha value is -2.26. The van der Waals surface area contributed by atoms with Gasteiger partial charge < -0.3 is 25.0 Å². The molecule has 9 heteroatoms. The second-order valence-corrected chi connectivity index (χ2v) is 9.97. The molecule has 0 spiro atoms. The van der Waals surface area contributed by atoms with Crippen LogP contribution in [0.25, 0.3) is 0 Å². The zero-order chi connectivity index (χ0) is 23.7. The number of hydrogen-bond donors (Lipinski definition) is 2. The van der Waals surface area contributed by atoms with Crippen molar-refractivity contribution < 1.29 is 14.6 Å². The third-order valence-electron chi connectivity index (χ3n) is 7.28. The number of nitrogens with one attached hydrogen (secondary N) is 1. The molecular formula is C25H32ClN5O3. The van der Waals surface area contributed by atoms with Gasteiger partial charge >= 0.3 is 0 Å². The Morgan fingerprint density at radius 1 is 1.24 bits per heavy atom. The number of fused-ring (bicyclic) bond motifs is 1. The van der Waals surface area contributed by atoms with E-state index in [1.54, 1.807) is 6.33 Å². The molecular weight excluding hydrogens is 454 g/mol. The van der Waals surface area contributed by atoms with Crippen molar-refractivity contribution in [3.63, 3.8) is 0 Å². The van der Waals surface area contributed by atoms with Crippen LogP contribution in [0.15, 0.2) is 30.6 Å². The summed E-state index contributed by atoms with van der Waals surface area (Å²) >= 11 is 6.10. The van der Waals surface area contributed by atoms with Crippen molar-refractivity contribution in [3.8, 4) is 0 Å². The fraction of sp³-hybridized carbons (Fsp3) is 0.560. The Labute approximate surface area is 205 Å². The molecule has 3 aliphatic rings. The number of carbonyl (C=O) groups is 1. The molecule has 1 aromatic heterocycles. The van der Waals surface area contributed by atoms with Gasteiger partial charge in [-0.25, -0.2) is 9.97 Å². The number of carbonyl (C=O) groups excluding carboxylic acids is 1. The summed E-state index contributed by atoms with van der Waals surface area (Å²) in [6, 6.07) is 7.88. The first-order valence-corrected chi connectivity index (χ1v) is 12.5. The van der Waals surface area contributed by atoms with Crippen LogP contribution in [0.5, 0.6) is 0 Å². The van der Waals surface area contributed by atoms with Crippen LogP contribution in [0.4, 0.5) is 5.82 Å². The summed E-state index contributed by atoms with van der Waals surface area (Å²) in [4.78, 5) is 26.7.